The molecule has 13 heteroatoms. The molecular weight excluding hydrogens is 508 g/mol. The van der Waals surface area contributed by atoms with Crippen LogP contribution in [0.2, 0.25) is 10.0 Å². The number of rotatable bonds is 5. The van der Waals surface area contributed by atoms with Crippen LogP contribution in [-0.4, -0.2) is 44.9 Å². The molecule has 2 aromatic rings. The first kappa shape index (κ1) is 25.1. The quantitative estimate of drug-likeness (QED) is 0.577. The smallest absolute Gasteiger partial charge is 0.417 e. The molecule has 0 saturated carbocycles. The molecule has 1 amide bonds. The lowest BCUT2D eigenvalue weighted by atomic mass is 10.1. The molecule has 1 atom stereocenters. The fourth-order valence-corrected chi connectivity index (χ4v) is 4.92. The predicted octanol–water partition coefficient (Wildman–Crippen LogP) is 4.59. The number of esters is 1. The fraction of sp³-hybridized carbons (Fsp3) is 0.300. The Kier molecular flexibility index (Phi) is 7.15. The first-order chi connectivity index (χ1) is 15.3. The molecule has 1 fully saturated rings. The van der Waals surface area contributed by atoms with E-state index in [-0.39, 0.29) is 22.8 Å². The number of alkyl halides is 3. The molecule has 7 nitrogen and oxygen atoms in total. The zero-order valence-corrected chi connectivity index (χ0v) is 19.3. The number of carbonyl (C=O) groups excluding carboxylic acids is 2. The van der Waals surface area contributed by atoms with E-state index in [1.807, 2.05) is 0 Å². The number of sulfonamides is 1. The highest BCUT2D eigenvalue weighted by molar-refractivity contribution is 7.92. The Morgan fingerprint density at radius 3 is 2.48 bits per heavy atom. The lowest BCUT2D eigenvalue weighted by Gasteiger charge is -2.24. The highest BCUT2D eigenvalue weighted by Crippen LogP contribution is 2.36. The van der Waals surface area contributed by atoms with Crippen LogP contribution in [0.25, 0.3) is 0 Å². The van der Waals surface area contributed by atoms with Crippen LogP contribution < -0.4 is 4.72 Å². The van der Waals surface area contributed by atoms with Gasteiger partial charge in [0.25, 0.3) is 15.9 Å². The van der Waals surface area contributed by atoms with Crippen molar-refractivity contribution in [3.05, 3.63) is 57.6 Å². The summed E-state index contributed by atoms with van der Waals surface area (Å²) < 4.78 is 72.0. The Balaban J connectivity index is 1.99. The summed E-state index contributed by atoms with van der Waals surface area (Å²) in [5.74, 6) is -1.28. The topological polar surface area (TPSA) is 92.8 Å². The minimum atomic E-state index is -4.88. The van der Waals surface area contributed by atoms with Gasteiger partial charge in [0.2, 0.25) is 0 Å². The number of likely N-dealkylation sites (tertiary alicyclic amines) is 1. The number of carbonyl (C=O) groups is 2. The van der Waals surface area contributed by atoms with Crippen molar-refractivity contribution in [1.29, 1.82) is 0 Å². The van der Waals surface area contributed by atoms with Gasteiger partial charge in [-0.25, -0.2) is 13.2 Å². The van der Waals surface area contributed by atoms with E-state index < -0.39 is 49.6 Å². The number of anilines is 1. The number of methoxy groups -OCH3 is 1. The first-order valence-electron chi connectivity index (χ1n) is 9.43. The maximum absolute atomic E-state index is 13.2. The molecule has 1 N–H and O–H groups in total. The summed E-state index contributed by atoms with van der Waals surface area (Å²) in [6.07, 6.45) is -3.97. The van der Waals surface area contributed by atoms with E-state index >= 15 is 0 Å². The van der Waals surface area contributed by atoms with E-state index in [9.17, 15) is 31.2 Å². The van der Waals surface area contributed by atoms with E-state index in [0.717, 1.165) is 18.2 Å². The Bertz CT molecular complexity index is 1200. The summed E-state index contributed by atoms with van der Waals surface area (Å²) in [4.78, 5) is 25.7. The van der Waals surface area contributed by atoms with Gasteiger partial charge < -0.3 is 9.64 Å². The van der Waals surface area contributed by atoms with Crippen molar-refractivity contribution in [3.63, 3.8) is 0 Å². The standard InChI is InChI=1S/C20H17Cl2F3N2O5S/c1-32-19(29)17-3-2-8-27(17)18(28)13-6-4-11(21)9-16(13)26-33(30,31)12-5-7-15(22)14(10-12)20(23,24)25/h4-7,9-10,17,26H,2-3,8H2,1H3. The number of hydrogen-bond donors (Lipinski definition) is 1. The van der Waals surface area contributed by atoms with Gasteiger partial charge in [-0.1, -0.05) is 23.2 Å². The zero-order valence-electron chi connectivity index (χ0n) is 16.9. The number of hydrogen-bond acceptors (Lipinski definition) is 5. The molecule has 2 aromatic carbocycles. The van der Waals surface area contributed by atoms with Gasteiger partial charge in [-0.3, -0.25) is 9.52 Å². The lowest BCUT2D eigenvalue weighted by molar-refractivity contribution is -0.145. The average Bonchev–Trinajstić information content (AvgIpc) is 3.22. The highest BCUT2D eigenvalue weighted by Gasteiger charge is 2.37. The van der Waals surface area contributed by atoms with Crippen molar-refractivity contribution in [3.8, 4) is 0 Å². The second kappa shape index (κ2) is 9.40. The molecule has 1 heterocycles. The number of halogens is 5. The summed E-state index contributed by atoms with van der Waals surface area (Å²) in [6, 6.07) is 5.03. The van der Waals surface area contributed by atoms with E-state index in [0.29, 0.717) is 18.9 Å². The molecule has 0 spiro atoms. The van der Waals surface area contributed by atoms with Gasteiger partial charge in [0.1, 0.15) is 6.04 Å². The molecule has 1 aliphatic heterocycles. The van der Waals surface area contributed by atoms with Gasteiger partial charge in [-0.2, -0.15) is 13.2 Å². The summed E-state index contributed by atoms with van der Waals surface area (Å²) in [7, 11) is -3.39. The van der Waals surface area contributed by atoms with E-state index in [4.69, 9.17) is 27.9 Å². The molecule has 0 radical (unpaired) electrons. The molecular formula is C20H17Cl2F3N2O5S. The van der Waals surface area contributed by atoms with Crippen LogP contribution in [0.4, 0.5) is 18.9 Å². The minimum Gasteiger partial charge on any atom is -0.467 e. The molecule has 178 valence electrons. The Morgan fingerprint density at radius 2 is 1.85 bits per heavy atom. The van der Waals surface area contributed by atoms with Gasteiger partial charge in [0, 0.05) is 11.6 Å². The third kappa shape index (κ3) is 5.36. The van der Waals surface area contributed by atoms with Crippen LogP contribution in [0, 0.1) is 0 Å². The lowest BCUT2D eigenvalue weighted by Crippen LogP contribution is -2.41. The van der Waals surface area contributed by atoms with E-state index in [1.54, 1.807) is 0 Å². The molecule has 33 heavy (non-hydrogen) atoms. The Hall–Kier alpha value is -2.50. The van der Waals surface area contributed by atoms with Gasteiger partial charge in [-0.05, 0) is 49.2 Å². The van der Waals surface area contributed by atoms with Gasteiger partial charge in [-0.15, -0.1) is 0 Å². The normalized spacial score (nSPS) is 16.5. The first-order valence-corrected chi connectivity index (χ1v) is 11.7. The summed E-state index contributed by atoms with van der Waals surface area (Å²) in [5, 5.41) is -0.592. The van der Waals surface area contributed by atoms with E-state index in [1.165, 1.54) is 24.1 Å². The van der Waals surface area contributed by atoms with Crippen molar-refractivity contribution < 1.29 is 35.9 Å². The summed E-state index contributed by atoms with van der Waals surface area (Å²) in [6.45, 7) is 0.236. The van der Waals surface area contributed by atoms with Crippen molar-refractivity contribution in [1.82, 2.24) is 4.90 Å². The number of amides is 1. The number of benzene rings is 2. The third-order valence-electron chi connectivity index (χ3n) is 5.00. The minimum absolute atomic E-state index is 0.0716. The average molecular weight is 525 g/mol. The molecule has 0 aliphatic carbocycles. The molecule has 1 saturated heterocycles. The number of nitrogens with zero attached hydrogens (tertiary/aromatic N) is 1. The van der Waals surface area contributed by atoms with Gasteiger partial charge >= 0.3 is 12.1 Å². The van der Waals surface area contributed by atoms with Crippen LogP contribution >= 0.6 is 23.2 Å². The predicted molar refractivity (Wildman–Crippen MR) is 115 cm³/mol. The summed E-state index contributed by atoms with van der Waals surface area (Å²) in [5.41, 5.74) is -1.72. The largest absolute Gasteiger partial charge is 0.467 e. The maximum Gasteiger partial charge on any atom is 0.417 e. The molecule has 3 rings (SSSR count). The van der Waals surface area contributed by atoms with Crippen molar-refractivity contribution >= 4 is 50.8 Å². The fourth-order valence-electron chi connectivity index (χ4n) is 3.43. The molecule has 1 aliphatic rings. The monoisotopic (exact) mass is 524 g/mol. The second-order valence-electron chi connectivity index (χ2n) is 7.11. The van der Waals surface area contributed by atoms with Crippen molar-refractivity contribution in [2.24, 2.45) is 0 Å². The van der Waals surface area contributed by atoms with Crippen LogP contribution in [0.5, 0.6) is 0 Å². The van der Waals surface area contributed by atoms with Crippen LogP contribution in [0.1, 0.15) is 28.8 Å². The number of ether oxygens (including phenoxy) is 1. The molecule has 0 aromatic heterocycles. The van der Waals surface area contributed by atoms with Crippen molar-refractivity contribution in [2.75, 3.05) is 18.4 Å². The van der Waals surface area contributed by atoms with Crippen molar-refractivity contribution in [2.45, 2.75) is 30.0 Å². The highest BCUT2D eigenvalue weighted by atomic mass is 35.5. The van der Waals surface area contributed by atoms with Gasteiger partial charge in [0.05, 0.1) is 33.8 Å². The zero-order chi connectivity index (χ0) is 24.6. The van der Waals surface area contributed by atoms with Crippen LogP contribution in [0.3, 0.4) is 0 Å². The second-order valence-corrected chi connectivity index (χ2v) is 9.64. The number of nitrogens with one attached hydrogen (secondary N) is 1. The third-order valence-corrected chi connectivity index (χ3v) is 6.92. The Morgan fingerprint density at radius 1 is 1.15 bits per heavy atom. The summed E-state index contributed by atoms with van der Waals surface area (Å²) >= 11 is 11.5. The maximum atomic E-state index is 13.2. The molecule has 1 unspecified atom stereocenters. The Labute approximate surface area is 197 Å². The molecule has 0 bridgehead atoms. The van der Waals surface area contributed by atoms with E-state index in [2.05, 4.69) is 4.72 Å². The van der Waals surface area contributed by atoms with Crippen LogP contribution in [-0.2, 0) is 25.7 Å². The van der Waals surface area contributed by atoms with Crippen LogP contribution in [0.15, 0.2) is 41.3 Å². The SMILES string of the molecule is COC(=O)C1CCCN1C(=O)c1ccc(Cl)cc1NS(=O)(=O)c1ccc(Cl)c(C(F)(F)F)c1. The van der Waals surface area contributed by atoms with Gasteiger partial charge in [0.15, 0.2) is 0 Å².